The molecular formula is C37H45ClN6O5. The van der Waals surface area contributed by atoms with E-state index >= 15 is 0 Å². The number of likely N-dealkylation sites (tertiary alicyclic amines) is 3. The van der Waals surface area contributed by atoms with Gasteiger partial charge in [0.15, 0.2) is 0 Å². The van der Waals surface area contributed by atoms with E-state index in [0.29, 0.717) is 85.1 Å². The van der Waals surface area contributed by atoms with Crippen LogP contribution in [0.2, 0.25) is 5.02 Å². The van der Waals surface area contributed by atoms with Gasteiger partial charge in [0, 0.05) is 69.4 Å². The number of carbonyl (C=O) groups is 4. The maximum absolute atomic E-state index is 13.8. The Kier molecular flexibility index (Phi) is 10.1. The van der Waals surface area contributed by atoms with Crippen LogP contribution < -0.4 is 4.90 Å². The van der Waals surface area contributed by atoms with Gasteiger partial charge in [0.05, 0.1) is 28.2 Å². The molecule has 0 spiro atoms. The van der Waals surface area contributed by atoms with Crippen molar-refractivity contribution in [3.05, 3.63) is 75.6 Å². The molecule has 2 unspecified atom stereocenters. The third-order valence-corrected chi connectivity index (χ3v) is 11.0. The molecule has 260 valence electrons. The van der Waals surface area contributed by atoms with Crippen LogP contribution in [0.5, 0.6) is 0 Å². The highest BCUT2D eigenvalue weighted by molar-refractivity contribution is 6.31. The Morgan fingerprint density at radius 1 is 0.939 bits per heavy atom. The first-order chi connectivity index (χ1) is 23.4. The minimum absolute atomic E-state index is 0.0309. The van der Waals surface area contributed by atoms with Gasteiger partial charge in [-0.15, -0.1) is 0 Å². The first-order valence-electron chi connectivity index (χ1n) is 17.2. The molecule has 0 saturated carbocycles. The Morgan fingerprint density at radius 3 is 2.27 bits per heavy atom. The van der Waals surface area contributed by atoms with Crippen LogP contribution in [-0.2, 0) is 9.59 Å². The molecule has 0 aliphatic carbocycles. The van der Waals surface area contributed by atoms with Gasteiger partial charge in [0.1, 0.15) is 0 Å². The molecule has 0 bridgehead atoms. The van der Waals surface area contributed by atoms with Gasteiger partial charge in [-0.2, -0.15) is 5.10 Å². The summed E-state index contributed by atoms with van der Waals surface area (Å²) >= 11 is 6.49. The number of benzene rings is 2. The number of halogens is 1. The fraction of sp³-hybridized carbons (Fsp3) is 0.486. The monoisotopic (exact) mass is 688 g/mol. The van der Waals surface area contributed by atoms with E-state index in [1.165, 1.54) is 6.07 Å². The number of rotatable bonds is 9. The number of nitrogens with zero attached hydrogens (tertiary/aromatic N) is 6. The lowest BCUT2D eigenvalue weighted by molar-refractivity contribution is -0.133. The Hall–Kier alpha value is -4.22. The predicted molar refractivity (Wildman–Crippen MR) is 187 cm³/mol. The smallest absolute Gasteiger partial charge is 0.335 e. The minimum Gasteiger partial charge on any atom is -0.478 e. The molecule has 0 radical (unpaired) electrons. The Balaban J connectivity index is 1.05. The summed E-state index contributed by atoms with van der Waals surface area (Å²) in [6, 6.07) is 12.4. The summed E-state index contributed by atoms with van der Waals surface area (Å²) in [4.78, 5) is 59.1. The number of carboxylic acids is 1. The fourth-order valence-corrected chi connectivity index (χ4v) is 7.98. The fourth-order valence-electron chi connectivity index (χ4n) is 7.80. The number of fused-ring (bicyclic) bond motifs is 1. The van der Waals surface area contributed by atoms with Crippen molar-refractivity contribution in [1.29, 1.82) is 0 Å². The summed E-state index contributed by atoms with van der Waals surface area (Å²) in [6.07, 6.45) is 2.14. The molecule has 3 saturated heterocycles. The molecule has 3 aromatic rings. The lowest BCUT2D eigenvalue weighted by atomic mass is 9.94. The minimum atomic E-state index is -1.01. The second-order valence-electron chi connectivity index (χ2n) is 13.9. The highest BCUT2D eigenvalue weighted by atomic mass is 35.5. The Bertz CT molecular complexity index is 1750. The molecule has 11 nitrogen and oxygen atoms in total. The first-order valence-corrected chi connectivity index (χ1v) is 17.5. The zero-order valence-corrected chi connectivity index (χ0v) is 29.4. The van der Waals surface area contributed by atoms with Crippen molar-refractivity contribution in [2.24, 2.45) is 17.8 Å². The average Bonchev–Trinajstić information content (AvgIpc) is 3.75. The maximum atomic E-state index is 13.8. The average molecular weight is 689 g/mol. The Morgan fingerprint density at radius 2 is 1.63 bits per heavy atom. The molecule has 1 aromatic heterocycles. The van der Waals surface area contributed by atoms with Crippen molar-refractivity contribution in [2.75, 3.05) is 57.3 Å². The van der Waals surface area contributed by atoms with Crippen molar-refractivity contribution >= 4 is 41.0 Å². The maximum Gasteiger partial charge on any atom is 0.335 e. The van der Waals surface area contributed by atoms with Crippen molar-refractivity contribution in [1.82, 2.24) is 24.5 Å². The zero-order chi connectivity index (χ0) is 35.0. The standard InChI is InChI=1S/C37H45ClN6O5/c1-23-9-10-31(18-33(23)38)43(35(46)27-11-15-41(16-12-27)26(4)45)14-6-13-40-19-29-21-42(22-30(29)20-40)36(47)34-24(2)39-44(25(34)3)32-8-5-7-28(17-32)37(48)49/h5,7-10,17-18,27,29-30H,6,11-16,19-22H2,1-4H3,(H,48,49). The SMILES string of the molecule is CC(=O)N1CCC(C(=O)N(CCCN2CC3CN(C(=O)c4c(C)nn(-c5cccc(C(=O)O)c5)c4C)CC3C2)c2ccc(C)c(Cl)c2)CC1. The molecule has 3 fully saturated rings. The summed E-state index contributed by atoms with van der Waals surface area (Å²) in [7, 11) is 0. The third-order valence-electron chi connectivity index (χ3n) is 10.6. The van der Waals surface area contributed by atoms with Crippen LogP contribution in [0.1, 0.15) is 63.9 Å². The van der Waals surface area contributed by atoms with Gasteiger partial charge in [-0.3, -0.25) is 14.4 Å². The molecule has 6 rings (SSSR count). The van der Waals surface area contributed by atoms with Crippen LogP contribution in [0, 0.1) is 38.5 Å². The molecule has 3 aliphatic rings. The lowest BCUT2D eigenvalue weighted by Crippen LogP contribution is -2.44. The highest BCUT2D eigenvalue weighted by Crippen LogP contribution is 2.34. The number of carboxylic acid groups (broad SMARTS) is 1. The second-order valence-corrected chi connectivity index (χ2v) is 14.3. The number of amides is 3. The number of carbonyl (C=O) groups excluding carboxylic acids is 3. The molecular weight excluding hydrogens is 644 g/mol. The molecule has 49 heavy (non-hydrogen) atoms. The third kappa shape index (κ3) is 7.23. The number of aromatic nitrogens is 2. The normalized spacial score (nSPS) is 19.7. The van der Waals surface area contributed by atoms with E-state index in [2.05, 4.69) is 10.00 Å². The predicted octanol–water partition coefficient (Wildman–Crippen LogP) is 4.83. The Labute approximate surface area is 292 Å². The largest absolute Gasteiger partial charge is 0.478 e. The van der Waals surface area contributed by atoms with Crippen LogP contribution in [-0.4, -0.2) is 106 Å². The quantitative estimate of drug-likeness (QED) is 0.342. The molecule has 3 aliphatic heterocycles. The van der Waals surface area contributed by atoms with Gasteiger partial charge in [0.25, 0.3) is 5.91 Å². The number of aromatic carboxylic acids is 1. The van der Waals surface area contributed by atoms with Crippen LogP contribution in [0.3, 0.4) is 0 Å². The van der Waals surface area contributed by atoms with Crippen LogP contribution >= 0.6 is 11.6 Å². The second kappa shape index (κ2) is 14.3. The number of hydrogen-bond acceptors (Lipinski definition) is 6. The summed E-state index contributed by atoms with van der Waals surface area (Å²) in [5.74, 6) is -0.255. The van der Waals surface area contributed by atoms with E-state index in [1.54, 1.807) is 29.8 Å². The van der Waals surface area contributed by atoms with Crippen molar-refractivity contribution in [3.63, 3.8) is 0 Å². The van der Waals surface area contributed by atoms with Gasteiger partial charge in [0.2, 0.25) is 11.8 Å². The van der Waals surface area contributed by atoms with Gasteiger partial charge in [-0.1, -0.05) is 23.7 Å². The number of anilines is 1. The summed E-state index contributed by atoms with van der Waals surface area (Å²) < 4.78 is 1.65. The molecule has 2 atom stereocenters. The number of piperidine rings is 1. The number of aryl methyl sites for hydroxylation is 2. The van der Waals surface area contributed by atoms with Gasteiger partial charge in [-0.05, 0) is 94.3 Å². The lowest BCUT2D eigenvalue weighted by Gasteiger charge is -2.34. The molecule has 2 aromatic carbocycles. The van der Waals surface area contributed by atoms with Crippen molar-refractivity contribution in [2.45, 2.75) is 47.0 Å². The van der Waals surface area contributed by atoms with Crippen LogP contribution in [0.15, 0.2) is 42.5 Å². The van der Waals surface area contributed by atoms with E-state index in [4.69, 9.17) is 11.6 Å². The molecule has 12 heteroatoms. The highest BCUT2D eigenvalue weighted by Gasteiger charge is 2.42. The molecule has 3 amide bonds. The summed E-state index contributed by atoms with van der Waals surface area (Å²) in [6.45, 7) is 13.0. The number of hydrogen-bond donors (Lipinski definition) is 1. The molecule has 4 heterocycles. The van der Waals surface area contributed by atoms with E-state index in [9.17, 15) is 24.3 Å². The van der Waals surface area contributed by atoms with E-state index in [1.807, 2.05) is 53.7 Å². The van der Waals surface area contributed by atoms with Gasteiger partial charge in [-0.25, -0.2) is 9.48 Å². The van der Waals surface area contributed by atoms with Crippen LogP contribution in [0.4, 0.5) is 5.69 Å². The van der Waals surface area contributed by atoms with Crippen LogP contribution in [0.25, 0.3) is 5.69 Å². The van der Waals surface area contributed by atoms with Gasteiger partial charge < -0.3 is 24.7 Å². The van der Waals surface area contributed by atoms with E-state index < -0.39 is 5.97 Å². The van der Waals surface area contributed by atoms with Crippen molar-refractivity contribution in [3.8, 4) is 5.69 Å². The zero-order valence-electron chi connectivity index (χ0n) is 28.7. The summed E-state index contributed by atoms with van der Waals surface area (Å²) in [5.41, 5.74) is 4.45. The summed E-state index contributed by atoms with van der Waals surface area (Å²) in [5, 5.41) is 14.7. The van der Waals surface area contributed by atoms with E-state index in [-0.39, 0.29) is 29.2 Å². The van der Waals surface area contributed by atoms with Crippen molar-refractivity contribution < 1.29 is 24.3 Å². The van der Waals surface area contributed by atoms with E-state index in [0.717, 1.165) is 37.3 Å². The topological polar surface area (TPSA) is 119 Å². The van der Waals surface area contributed by atoms with Gasteiger partial charge >= 0.3 is 5.97 Å². The molecule has 1 N–H and O–H groups in total. The first kappa shape index (κ1) is 34.6.